The molecule has 2 aromatic rings. The summed E-state index contributed by atoms with van der Waals surface area (Å²) < 4.78 is 13.8. The molecule has 0 radical (unpaired) electrons. The fraction of sp³-hybridized carbons (Fsp3) is 0.412. The van der Waals surface area contributed by atoms with Gasteiger partial charge in [0.25, 0.3) is 0 Å². The number of carbonyl (C=O) groups is 1. The number of aromatic nitrogens is 1. The summed E-state index contributed by atoms with van der Waals surface area (Å²) in [5.74, 6) is -0.344. The third-order valence-corrected chi connectivity index (χ3v) is 5.09. The van der Waals surface area contributed by atoms with Crippen LogP contribution >= 0.6 is 11.3 Å². The number of carbonyl (C=O) groups excluding carboxylic acids is 1. The molecule has 1 aromatic heterocycles. The van der Waals surface area contributed by atoms with Gasteiger partial charge < -0.3 is 15.5 Å². The van der Waals surface area contributed by atoms with Gasteiger partial charge in [-0.1, -0.05) is 0 Å². The van der Waals surface area contributed by atoms with Crippen LogP contribution in [0.2, 0.25) is 0 Å². The van der Waals surface area contributed by atoms with Crippen LogP contribution in [-0.2, 0) is 6.54 Å². The van der Waals surface area contributed by atoms with Crippen LogP contribution in [0, 0.1) is 19.7 Å². The Morgan fingerprint density at radius 3 is 2.71 bits per heavy atom. The van der Waals surface area contributed by atoms with Crippen LogP contribution in [-0.4, -0.2) is 24.1 Å². The minimum Gasteiger partial charge on any atom is -0.371 e. The summed E-state index contributed by atoms with van der Waals surface area (Å²) in [6.45, 7) is 6.14. The topological polar surface area (TPSA) is 57.3 Å². The maximum absolute atomic E-state index is 13.8. The summed E-state index contributed by atoms with van der Waals surface area (Å²) in [4.78, 5) is 19.6. The smallest absolute Gasteiger partial charge is 0.319 e. The third kappa shape index (κ3) is 4.03. The lowest BCUT2D eigenvalue weighted by molar-refractivity contribution is 0.252. The van der Waals surface area contributed by atoms with Crippen molar-refractivity contribution in [1.29, 1.82) is 0 Å². The number of nitrogens with one attached hydrogen (secondary N) is 2. The Bertz CT molecular complexity index is 740. The van der Waals surface area contributed by atoms with Crippen LogP contribution < -0.4 is 15.5 Å². The number of aryl methyl sites for hydroxylation is 2. The fourth-order valence-corrected chi connectivity index (χ4v) is 3.75. The van der Waals surface area contributed by atoms with E-state index < -0.39 is 0 Å². The van der Waals surface area contributed by atoms with Gasteiger partial charge in [0.05, 0.1) is 17.2 Å². The fourth-order valence-electron chi connectivity index (χ4n) is 2.88. The van der Waals surface area contributed by atoms with Crippen molar-refractivity contribution in [3.8, 4) is 0 Å². The van der Waals surface area contributed by atoms with Gasteiger partial charge in [-0.05, 0) is 44.9 Å². The standard InChI is InChI=1S/C17H21FN4OS/c1-11-16(24-12(2)20-11)10-19-17(23)21-14-7-13(18)8-15(9-14)22-5-3-4-6-22/h7-9H,3-6,10H2,1-2H3,(H2,19,21,23). The molecule has 1 aliphatic rings. The Morgan fingerprint density at radius 1 is 1.29 bits per heavy atom. The molecule has 2 heterocycles. The van der Waals surface area contributed by atoms with E-state index >= 15 is 0 Å². The highest BCUT2D eigenvalue weighted by Gasteiger charge is 2.15. The van der Waals surface area contributed by atoms with E-state index in [9.17, 15) is 9.18 Å². The highest BCUT2D eigenvalue weighted by Crippen LogP contribution is 2.25. The molecule has 24 heavy (non-hydrogen) atoms. The monoisotopic (exact) mass is 348 g/mol. The summed E-state index contributed by atoms with van der Waals surface area (Å²) in [5.41, 5.74) is 2.21. The number of amides is 2. The van der Waals surface area contributed by atoms with Gasteiger partial charge in [-0.25, -0.2) is 14.2 Å². The predicted octanol–water partition coefficient (Wildman–Crippen LogP) is 3.82. The van der Waals surface area contributed by atoms with E-state index in [0.29, 0.717) is 12.2 Å². The first kappa shape index (κ1) is 16.7. The molecule has 1 aromatic carbocycles. The van der Waals surface area contributed by atoms with Gasteiger partial charge in [-0.2, -0.15) is 0 Å². The minimum atomic E-state index is -0.349. The largest absolute Gasteiger partial charge is 0.371 e. The van der Waals surface area contributed by atoms with Gasteiger partial charge in [0.1, 0.15) is 5.82 Å². The van der Waals surface area contributed by atoms with Crippen molar-refractivity contribution in [3.63, 3.8) is 0 Å². The van der Waals surface area contributed by atoms with E-state index in [1.165, 1.54) is 12.1 Å². The Labute approximate surface area is 144 Å². The number of hydrogen-bond acceptors (Lipinski definition) is 4. The number of benzene rings is 1. The van der Waals surface area contributed by atoms with E-state index in [1.54, 1.807) is 11.3 Å². The maximum atomic E-state index is 13.8. The zero-order chi connectivity index (χ0) is 17.1. The van der Waals surface area contributed by atoms with Crippen molar-refractivity contribution >= 4 is 28.7 Å². The second-order valence-corrected chi connectivity index (χ2v) is 7.23. The number of rotatable bonds is 4. The number of nitrogens with zero attached hydrogens (tertiary/aromatic N) is 2. The SMILES string of the molecule is Cc1nc(C)c(CNC(=O)Nc2cc(F)cc(N3CCCC3)c2)s1. The van der Waals surface area contributed by atoms with Crippen LogP contribution in [0.4, 0.5) is 20.6 Å². The Morgan fingerprint density at radius 2 is 2.04 bits per heavy atom. The van der Waals surface area contributed by atoms with Crippen molar-refractivity contribution in [2.45, 2.75) is 33.2 Å². The molecule has 1 aliphatic heterocycles. The normalized spacial score (nSPS) is 14.0. The molecule has 0 aliphatic carbocycles. The average Bonchev–Trinajstić information content (AvgIpc) is 3.14. The van der Waals surface area contributed by atoms with E-state index in [0.717, 1.165) is 47.2 Å². The summed E-state index contributed by atoms with van der Waals surface area (Å²) in [6.07, 6.45) is 2.24. The maximum Gasteiger partial charge on any atom is 0.319 e. The molecule has 1 saturated heterocycles. The zero-order valence-electron chi connectivity index (χ0n) is 13.9. The van der Waals surface area contributed by atoms with Crippen LogP contribution in [0.1, 0.15) is 28.4 Å². The second kappa shape index (κ2) is 7.17. The molecular formula is C17H21FN4OS. The molecule has 0 unspecified atom stereocenters. The van der Waals surface area contributed by atoms with Gasteiger partial charge in [-0.3, -0.25) is 0 Å². The third-order valence-electron chi connectivity index (χ3n) is 4.02. The van der Waals surface area contributed by atoms with Gasteiger partial charge in [0, 0.05) is 29.3 Å². The summed E-state index contributed by atoms with van der Waals surface area (Å²) in [6, 6.07) is 4.31. The number of hydrogen-bond donors (Lipinski definition) is 2. The van der Waals surface area contributed by atoms with Gasteiger partial charge in [0.15, 0.2) is 0 Å². The predicted molar refractivity (Wildman–Crippen MR) is 95.3 cm³/mol. The zero-order valence-corrected chi connectivity index (χ0v) is 14.7. The van der Waals surface area contributed by atoms with Crippen molar-refractivity contribution in [1.82, 2.24) is 10.3 Å². The molecule has 5 nitrogen and oxygen atoms in total. The highest BCUT2D eigenvalue weighted by atomic mass is 32.1. The molecule has 3 rings (SSSR count). The Balaban J connectivity index is 1.62. The van der Waals surface area contributed by atoms with Gasteiger partial charge in [0.2, 0.25) is 0 Å². The number of halogens is 1. The number of urea groups is 1. The quantitative estimate of drug-likeness (QED) is 0.883. The average molecular weight is 348 g/mol. The molecular weight excluding hydrogens is 327 g/mol. The van der Waals surface area contributed by atoms with Crippen molar-refractivity contribution in [3.05, 3.63) is 39.6 Å². The van der Waals surface area contributed by atoms with Crippen molar-refractivity contribution in [2.24, 2.45) is 0 Å². The van der Waals surface area contributed by atoms with E-state index in [4.69, 9.17) is 0 Å². The highest BCUT2D eigenvalue weighted by molar-refractivity contribution is 7.11. The first-order chi connectivity index (χ1) is 11.5. The molecule has 7 heteroatoms. The number of anilines is 2. The summed E-state index contributed by atoms with van der Waals surface area (Å²) >= 11 is 1.56. The molecule has 0 saturated carbocycles. The van der Waals surface area contributed by atoms with Crippen molar-refractivity contribution in [2.75, 3.05) is 23.3 Å². The van der Waals surface area contributed by atoms with Gasteiger partial charge in [-0.15, -0.1) is 11.3 Å². The molecule has 2 amide bonds. The molecule has 128 valence electrons. The first-order valence-corrected chi connectivity index (χ1v) is 8.86. The van der Waals surface area contributed by atoms with E-state index in [1.807, 2.05) is 19.9 Å². The van der Waals surface area contributed by atoms with E-state index in [-0.39, 0.29) is 11.8 Å². The lowest BCUT2D eigenvalue weighted by atomic mass is 10.2. The molecule has 1 fully saturated rings. The van der Waals surface area contributed by atoms with Crippen LogP contribution in [0.25, 0.3) is 0 Å². The molecule has 0 atom stereocenters. The minimum absolute atomic E-state index is 0.344. The van der Waals surface area contributed by atoms with Crippen molar-refractivity contribution < 1.29 is 9.18 Å². The van der Waals surface area contributed by atoms with Gasteiger partial charge >= 0.3 is 6.03 Å². The lowest BCUT2D eigenvalue weighted by Gasteiger charge is -2.19. The number of thiazole rings is 1. The Kier molecular flexibility index (Phi) is 4.99. The Hall–Kier alpha value is -2.15. The summed E-state index contributed by atoms with van der Waals surface area (Å²) in [7, 11) is 0. The van der Waals surface area contributed by atoms with Crippen LogP contribution in [0.5, 0.6) is 0 Å². The molecule has 2 N–H and O–H groups in total. The van der Waals surface area contributed by atoms with Crippen LogP contribution in [0.3, 0.4) is 0 Å². The molecule has 0 bridgehead atoms. The molecule has 0 spiro atoms. The first-order valence-electron chi connectivity index (χ1n) is 8.04. The van der Waals surface area contributed by atoms with E-state index in [2.05, 4.69) is 20.5 Å². The lowest BCUT2D eigenvalue weighted by Crippen LogP contribution is -2.28. The van der Waals surface area contributed by atoms with Crippen LogP contribution in [0.15, 0.2) is 18.2 Å². The second-order valence-electron chi connectivity index (χ2n) is 5.94. The summed E-state index contributed by atoms with van der Waals surface area (Å²) in [5, 5.41) is 6.48.